The van der Waals surface area contributed by atoms with Crippen LogP contribution in [0, 0.1) is 11.7 Å². The molecule has 0 aliphatic heterocycles. The van der Waals surface area contributed by atoms with Gasteiger partial charge in [-0.1, -0.05) is 20.3 Å². The zero-order valence-electron chi connectivity index (χ0n) is 9.46. The molecule has 0 spiro atoms. The molecule has 0 heterocycles. The first-order valence-electron chi connectivity index (χ1n) is 5.31. The summed E-state index contributed by atoms with van der Waals surface area (Å²) in [5.41, 5.74) is 0.0517. The molecule has 0 aliphatic carbocycles. The molecule has 0 radical (unpaired) electrons. The van der Waals surface area contributed by atoms with E-state index >= 15 is 0 Å². The second-order valence-electron chi connectivity index (χ2n) is 3.89. The van der Waals surface area contributed by atoms with E-state index in [1.807, 2.05) is 13.8 Å². The number of benzene rings is 1. The molecule has 0 aromatic heterocycles. The van der Waals surface area contributed by atoms with Gasteiger partial charge in [0.2, 0.25) is 0 Å². The minimum Gasteiger partial charge on any atom is -0.352 e. The Labute approximate surface area is 101 Å². The minimum absolute atomic E-state index is 0.0517. The summed E-state index contributed by atoms with van der Waals surface area (Å²) >= 11 is 4.08. The van der Waals surface area contributed by atoms with Crippen molar-refractivity contribution in [1.82, 2.24) is 5.32 Å². The fraction of sp³-hybridized carbons (Fsp3) is 0.417. The third-order valence-electron chi connectivity index (χ3n) is 2.50. The molecule has 1 N–H and O–H groups in total. The van der Waals surface area contributed by atoms with Gasteiger partial charge in [0.15, 0.2) is 0 Å². The maximum absolute atomic E-state index is 13.3. The quantitative estimate of drug-likeness (QED) is 0.780. The Kier molecular flexibility index (Phi) is 4.80. The molecule has 2 nitrogen and oxygen atoms in total. The predicted octanol–water partition coefficient (Wildman–Crippen LogP) is 2.89. The highest BCUT2D eigenvalue weighted by Crippen LogP contribution is 2.13. The Morgan fingerprint density at radius 2 is 2.25 bits per heavy atom. The van der Waals surface area contributed by atoms with E-state index in [2.05, 4.69) is 17.9 Å². The van der Waals surface area contributed by atoms with Crippen molar-refractivity contribution in [2.24, 2.45) is 5.92 Å². The first-order chi connectivity index (χ1) is 7.54. The third kappa shape index (κ3) is 3.52. The lowest BCUT2D eigenvalue weighted by molar-refractivity contribution is 0.0943. The number of rotatable bonds is 4. The fourth-order valence-electron chi connectivity index (χ4n) is 1.19. The average Bonchev–Trinajstić information content (AvgIpc) is 2.28. The van der Waals surface area contributed by atoms with Gasteiger partial charge in [-0.2, -0.15) is 0 Å². The van der Waals surface area contributed by atoms with Crippen LogP contribution >= 0.6 is 12.6 Å². The van der Waals surface area contributed by atoms with Crippen LogP contribution in [0.5, 0.6) is 0 Å². The van der Waals surface area contributed by atoms with E-state index in [-0.39, 0.29) is 11.5 Å². The molecule has 0 saturated heterocycles. The Balaban J connectivity index is 2.69. The Bertz CT molecular complexity index is 381. The van der Waals surface area contributed by atoms with Crippen LogP contribution in [0.25, 0.3) is 0 Å². The molecule has 1 unspecified atom stereocenters. The average molecular weight is 241 g/mol. The van der Waals surface area contributed by atoms with Crippen LogP contribution in [0.4, 0.5) is 4.39 Å². The van der Waals surface area contributed by atoms with Crippen molar-refractivity contribution in [3.63, 3.8) is 0 Å². The smallest absolute Gasteiger partial charge is 0.254 e. The molecule has 1 amide bonds. The summed E-state index contributed by atoms with van der Waals surface area (Å²) in [6, 6.07) is 4.20. The lowest BCUT2D eigenvalue weighted by Crippen LogP contribution is -2.28. The molecule has 1 aromatic carbocycles. The summed E-state index contributed by atoms with van der Waals surface area (Å²) in [4.78, 5) is 12.2. The van der Waals surface area contributed by atoms with E-state index in [9.17, 15) is 9.18 Å². The highest BCUT2D eigenvalue weighted by molar-refractivity contribution is 7.80. The highest BCUT2D eigenvalue weighted by Gasteiger charge is 2.12. The van der Waals surface area contributed by atoms with Gasteiger partial charge in [-0.3, -0.25) is 4.79 Å². The summed E-state index contributed by atoms with van der Waals surface area (Å²) < 4.78 is 13.3. The van der Waals surface area contributed by atoms with Gasteiger partial charge in [-0.15, -0.1) is 12.6 Å². The van der Waals surface area contributed by atoms with Crippen molar-refractivity contribution < 1.29 is 9.18 Å². The van der Waals surface area contributed by atoms with Crippen LogP contribution in [-0.2, 0) is 0 Å². The molecule has 1 rings (SSSR count). The van der Waals surface area contributed by atoms with E-state index in [0.717, 1.165) is 6.42 Å². The van der Waals surface area contributed by atoms with Crippen molar-refractivity contribution in [2.75, 3.05) is 6.54 Å². The molecule has 0 saturated carbocycles. The highest BCUT2D eigenvalue weighted by atomic mass is 32.1. The van der Waals surface area contributed by atoms with Crippen LogP contribution in [0.3, 0.4) is 0 Å². The van der Waals surface area contributed by atoms with Gasteiger partial charge in [0, 0.05) is 11.4 Å². The van der Waals surface area contributed by atoms with Crippen LogP contribution < -0.4 is 5.32 Å². The number of hydrogen-bond acceptors (Lipinski definition) is 2. The van der Waals surface area contributed by atoms with Gasteiger partial charge in [0.25, 0.3) is 5.91 Å². The Morgan fingerprint density at radius 1 is 1.56 bits per heavy atom. The van der Waals surface area contributed by atoms with E-state index in [4.69, 9.17) is 0 Å². The number of nitrogens with one attached hydrogen (secondary N) is 1. The standard InChI is InChI=1S/C12H16FNOS/c1-3-8(2)7-14-12(15)10-6-9(16)4-5-11(10)13/h4-6,8,16H,3,7H2,1-2H3,(H,14,15). The summed E-state index contributed by atoms with van der Waals surface area (Å²) in [6.07, 6.45) is 0.982. The number of halogens is 1. The minimum atomic E-state index is -0.514. The molecule has 1 atom stereocenters. The van der Waals surface area contributed by atoms with Crippen molar-refractivity contribution in [1.29, 1.82) is 0 Å². The number of carbonyl (C=O) groups is 1. The predicted molar refractivity (Wildman–Crippen MR) is 65.4 cm³/mol. The van der Waals surface area contributed by atoms with E-state index in [1.54, 1.807) is 0 Å². The summed E-state index contributed by atoms with van der Waals surface area (Å²) in [5.74, 6) is -0.501. The normalized spacial score (nSPS) is 12.2. The summed E-state index contributed by atoms with van der Waals surface area (Å²) in [5, 5.41) is 2.70. The van der Waals surface area contributed by atoms with Gasteiger partial charge in [-0.25, -0.2) is 4.39 Å². The van der Waals surface area contributed by atoms with Crippen molar-refractivity contribution >= 4 is 18.5 Å². The first kappa shape index (κ1) is 13.0. The van der Waals surface area contributed by atoms with Crippen LogP contribution in [-0.4, -0.2) is 12.5 Å². The van der Waals surface area contributed by atoms with E-state index in [1.165, 1.54) is 18.2 Å². The maximum atomic E-state index is 13.3. The number of carbonyl (C=O) groups excluding carboxylic acids is 1. The van der Waals surface area contributed by atoms with Crippen LogP contribution in [0.1, 0.15) is 30.6 Å². The molecule has 0 bridgehead atoms. The van der Waals surface area contributed by atoms with Crippen LogP contribution in [0.2, 0.25) is 0 Å². The number of thiol groups is 1. The summed E-state index contributed by atoms with van der Waals surface area (Å²) in [7, 11) is 0. The molecule has 4 heteroatoms. The van der Waals surface area contributed by atoms with Gasteiger partial charge >= 0.3 is 0 Å². The van der Waals surface area contributed by atoms with Crippen LogP contribution in [0.15, 0.2) is 23.1 Å². The van der Waals surface area contributed by atoms with Gasteiger partial charge in [0.1, 0.15) is 5.82 Å². The van der Waals surface area contributed by atoms with E-state index in [0.29, 0.717) is 17.4 Å². The molecular weight excluding hydrogens is 225 g/mol. The van der Waals surface area contributed by atoms with E-state index < -0.39 is 5.82 Å². The largest absolute Gasteiger partial charge is 0.352 e. The monoisotopic (exact) mass is 241 g/mol. The van der Waals surface area contributed by atoms with Crippen molar-refractivity contribution in [3.8, 4) is 0 Å². The maximum Gasteiger partial charge on any atom is 0.254 e. The molecule has 0 aliphatic rings. The molecule has 1 aromatic rings. The van der Waals surface area contributed by atoms with Gasteiger partial charge in [0.05, 0.1) is 5.56 Å². The second kappa shape index (κ2) is 5.89. The fourth-order valence-corrected chi connectivity index (χ4v) is 1.40. The van der Waals surface area contributed by atoms with Gasteiger partial charge in [-0.05, 0) is 24.1 Å². The molecule has 0 fully saturated rings. The molecule has 88 valence electrons. The zero-order valence-corrected chi connectivity index (χ0v) is 10.4. The lowest BCUT2D eigenvalue weighted by Gasteiger charge is -2.10. The van der Waals surface area contributed by atoms with Crippen molar-refractivity contribution in [2.45, 2.75) is 25.2 Å². The Hall–Kier alpha value is -1.03. The first-order valence-corrected chi connectivity index (χ1v) is 5.76. The van der Waals surface area contributed by atoms with Crippen molar-refractivity contribution in [3.05, 3.63) is 29.6 Å². The lowest BCUT2D eigenvalue weighted by atomic mass is 10.1. The summed E-state index contributed by atoms with van der Waals surface area (Å²) in [6.45, 7) is 4.64. The Morgan fingerprint density at radius 3 is 2.88 bits per heavy atom. The number of amides is 1. The molecular formula is C12H16FNOS. The zero-order chi connectivity index (χ0) is 12.1. The molecule has 16 heavy (non-hydrogen) atoms. The number of hydrogen-bond donors (Lipinski definition) is 2. The third-order valence-corrected chi connectivity index (χ3v) is 2.78. The SMILES string of the molecule is CCC(C)CNC(=O)c1cc(S)ccc1F. The topological polar surface area (TPSA) is 29.1 Å². The van der Waals surface area contributed by atoms with Gasteiger partial charge < -0.3 is 5.32 Å². The second-order valence-corrected chi connectivity index (χ2v) is 4.40.